The van der Waals surface area contributed by atoms with Crippen molar-refractivity contribution < 1.29 is 24.5 Å². The molecule has 63 heavy (non-hydrogen) atoms. The first kappa shape index (κ1) is 61.3. The van der Waals surface area contributed by atoms with Gasteiger partial charge in [-0.2, -0.15) is 0 Å². The Hall–Kier alpha value is -1.66. The number of hydrogen-bond acceptors (Lipinski definition) is 5. The van der Waals surface area contributed by atoms with Crippen molar-refractivity contribution in [1.29, 1.82) is 0 Å². The molecule has 6 nitrogen and oxygen atoms in total. The van der Waals surface area contributed by atoms with E-state index >= 15 is 0 Å². The number of nitrogens with one attached hydrogen (secondary N) is 1. The fourth-order valence-corrected chi connectivity index (χ4v) is 8.67. The van der Waals surface area contributed by atoms with Gasteiger partial charge in [-0.1, -0.05) is 256 Å². The Bertz CT molecular complexity index is 982. The molecule has 6 heteroatoms. The molecule has 0 bridgehead atoms. The summed E-state index contributed by atoms with van der Waals surface area (Å²) in [6.45, 7) is 4.90. The van der Waals surface area contributed by atoms with Gasteiger partial charge < -0.3 is 20.3 Å². The molecule has 0 aromatic rings. The minimum atomic E-state index is -0.674. The summed E-state index contributed by atoms with van der Waals surface area (Å²) >= 11 is 0. The maximum Gasteiger partial charge on any atom is 0.305 e. The molecule has 0 radical (unpaired) electrons. The van der Waals surface area contributed by atoms with Gasteiger partial charge in [0.05, 0.1) is 25.4 Å². The predicted molar refractivity (Wildman–Crippen MR) is 273 cm³/mol. The van der Waals surface area contributed by atoms with Gasteiger partial charge in [0, 0.05) is 12.8 Å². The number of allylic oxidation sites excluding steroid dienone is 4. The van der Waals surface area contributed by atoms with Crippen LogP contribution >= 0.6 is 0 Å². The van der Waals surface area contributed by atoms with Crippen LogP contribution in [-0.2, 0) is 14.3 Å². The van der Waals surface area contributed by atoms with E-state index in [0.717, 1.165) is 64.2 Å². The van der Waals surface area contributed by atoms with E-state index in [1.54, 1.807) is 0 Å². The highest BCUT2D eigenvalue weighted by Crippen LogP contribution is 2.17. The summed E-state index contributed by atoms with van der Waals surface area (Å²) in [5.74, 6) is -0.0621. The minimum Gasteiger partial charge on any atom is -0.466 e. The molecule has 372 valence electrons. The first-order chi connectivity index (χ1) is 31.0. The average molecular weight is 889 g/mol. The Balaban J connectivity index is 3.44. The lowest BCUT2D eigenvalue weighted by Crippen LogP contribution is -2.45. The molecule has 0 saturated heterocycles. The second kappa shape index (κ2) is 53.0. The van der Waals surface area contributed by atoms with Crippen LogP contribution in [0.2, 0.25) is 0 Å². The molecule has 1 amide bonds. The van der Waals surface area contributed by atoms with Crippen LogP contribution < -0.4 is 5.32 Å². The number of aliphatic hydroxyl groups excluding tert-OH is 2. The Morgan fingerprint density at radius 1 is 0.444 bits per heavy atom. The van der Waals surface area contributed by atoms with Gasteiger partial charge in [0.25, 0.3) is 0 Å². The minimum absolute atomic E-state index is 0.0126. The van der Waals surface area contributed by atoms with Crippen LogP contribution in [0.5, 0.6) is 0 Å². The topological polar surface area (TPSA) is 95.9 Å². The highest BCUT2D eigenvalue weighted by molar-refractivity contribution is 5.76. The molecular formula is C57H109NO5. The zero-order chi connectivity index (χ0) is 45.8. The number of ether oxygens (including phenoxy) is 1. The first-order valence-corrected chi connectivity index (χ1v) is 28.1. The van der Waals surface area contributed by atoms with Crippen LogP contribution in [0, 0.1) is 0 Å². The highest BCUT2D eigenvalue weighted by Gasteiger charge is 2.20. The SMILES string of the molecule is CCCCC/C=C\C/C=C\CCCCCCCCCCCC(=O)OCCCCCCCCCCCCCCC(=O)NC(CO)C(O)CCCCCCCCCCCCCCCCC. The first-order valence-electron chi connectivity index (χ1n) is 28.1. The molecule has 0 fully saturated rings. The second-order valence-electron chi connectivity index (χ2n) is 19.3. The summed E-state index contributed by atoms with van der Waals surface area (Å²) in [4.78, 5) is 24.5. The van der Waals surface area contributed by atoms with E-state index in [-0.39, 0.29) is 18.5 Å². The molecule has 0 saturated carbocycles. The van der Waals surface area contributed by atoms with Gasteiger partial charge in [0.2, 0.25) is 5.91 Å². The van der Waals surface area contributed by atoms with Crippen molar-refractivity contribution in [1.82, 2.24) is 5.32 Å². The van der Waals surface area contributed by atoms with E-state index in [9.17, 15) is 19.8 Å². The smallest absolute Gasteiger partial charge is 0.305 e. The van der Waals surface area contributed by atoms with E-state index in [4.69, 9.17) is 4.74 Å². The lowest BCUT2D eigenvalue weighted by molar-refractivity contribution is -0.143. The number of hydrogen-bond donors (Lipinski definition) is 3. The lowest BCUT2D eigenvalue weighted by atomic mass is 10.0. The molecule has 0 aliphatic carbocycles. The molecule has 0 heterocycles. The van der Waals surface area contributed by atoms with Gasteiger partial charge in [-0.25, -0.2) is 0 Å². The molecule has 0 aromatic heterocycles. The van der Waals surface area contributed by atoms with Crippen LogP contribution in [0.1, 0.15) is 303 Å². The van der Waals surface area contributed by atoms with E-state index in [0.29, 0.717) is 25.9 Å². The molecule has 0 aliphatic heterocycles. The summed E-state index contributed by atoms with van der Waals surface area (Å²) in [5, 5.41) is 23.2. The summed E-state index contributed by atoms with van der Waals surface area (Å²) in [7, 11) is 0. The Morgan fingerprint density at radius 3 is 1.24 bits per heavy atom. The predicted octanol–water partition coefficient (Wildman–Crippen LogP) is 17.1. The summed E-state index contributed by atoms with van der Waals surface area (Å²) < 4.78 is 5.48. The fraction of sp³-hybridized carbons (Fsp3) is 0.895. The van der Waals surface area contributed by atoms with Crippen LogP contribution in [-0.4, -0.2) is 47.4 Å². The van der Waals surface area contributed by atoms with E-state index in [2.05, 4.69) is 43.5 Å². The number of rotatable bonds is 52. The third kappa shape index (κ3) is 49.6. The summed E-state index contributed by atoms with van der Waals surface area (Å²) in [6.07, 6.45) is 62.9. The molecule has 0 aliphatic rings. The molecule has 2 atom stereocenters. The lowest BCUT2D eigenvalue weighted by Gasteiger charge is -2.22. The van der Waals surface area contributed by atoms with Crippen molar-refractivity contribution in [3.63, 3.8) is 0 Å². The number of esters is 1. The monoisotopic (exact) mass is 888 g/mol. The largest absolute Gasteiger partial charge is 0.466 e. The van der Waals surface area contributed by atoms with Gasteiger partial charge in [0.1, 0.15) is 0 Å². The quantitative estimate of drug-likeness (QED) is 0.0321. The van der Waals surface area contributed by atoms with Gasteiger partial charge >= 0.3 is 5.97 Å². The Morgan fingerprint density at radius 2 is 0.794 bits per heavy atom. The molecule has 0 aromatic carbocycles. The third-order valence-electron chi connectivity index (χ3n) is 13.0. The molecule has 0 spiro atoms. The third-order valence-corrected chi connectivity index (χ3v) is 13.0. The summed E-state index contributed by atoms with van der Waals surface area (Å²) in [5.41, 5.74) is 0. The van der Waals surface area contributed by atoms with Crippen molar-refractivity contribution >= 4 is 11.9 Å². The standard InChI is InChI=1S/C57H109NO5/c1-3-5-7-9-11-13-15-17-19-20-21-22-24-26-31-35-39-43-47-51-57(62)63-52-48-44-40-36-32-28-27-30-34-38-42-46-50-56(61)58-54(53-59)55(60)49-45-41-37-33-29-25-23-18-16-14-12-10-8-6-4-2/h11,13,17,19,54-55,59-60H,3-10,12,14-16,18,20-53H2,1-2H3,(H,58,61)/b13-11-,19-17-. The van der Waals surface area contributed by atoms with Crippen molar-refractivity contribution in [3.05, 3.63) is 24.3 Å². The summed E-state index contributed by atoms with van der Waals surface area (Å²) in [6, 6.07) is -0.553. The molecule has 0 rings (SSSR count). The number of aliphatic hydroxyl groups is 2. The van der Waals surface area contributed by atoms with Crippen molar-refractivity contribution in [3.8, 4) is 0 Å². The zero-order valence-electron chi connectivity index (χ0n) is 42.3. The zero-order valence-corrected chi connectivity index (χ0v) is 42.3. The van der Waals surface area contributed by atoms with Crippen molar-refractivity contribution in [2.45, 2.75) is 315 Å². The van der Waals surface area contributed by atoms with Crippen LogP contribution in [0.15, 0.2) is 24.3 Å². The molecule has 3 N–H and O–H groups in total. The van der Waals surface area contributed by atoms with E-state index < -0.39 is 12.1 Å². The average Bonchev–Trinajstić information content (AvgIpc) is 3.28. The second-order valence-corrected chi connectivity index (χ2v) is 19.3. The van der Waals surface area contributed by atoms with E-state index in [1.807, 2.05) is 0 Å². The maximum absolute atomic E-state index is 12.5. The van der Waals surface area contributed by atoms with E-state index in [1.165, 1.54) is 205 Å². The highest BCUT2D eigenvalue weighted by atomic mass is 16.5. The number of carbonyl (C=O) groups is 2. The number of unbranched alkanes of at least 4 members (excludes halogenated alkanes) is 37. The Labute approximate surface area is 392 Å². The normalized spacial score (nSPS) is 12.8. The van der Waals surface area contributed by atoms with Crippen LogP contribution in [0.3, 0.4) is 0 Å². The van der Waals surface area contributed by atoms with Gasteiger partial charge in [-0.3, -0.25) is 9.59 Å². The van der Waals surface area contributed by atoms with Crippen molar-refractivity contribution in [2.75, 3.05) is 13.2 Å². The molecular weight excluding hydrogens is 779 g/mol. The Kier molecular flexibility index (Phi) is 51.6. The van der Waals surface area contributed by atoms with Gasteiger partial charge in [-0.15, -0.1) is 0 Å². The van der Waals surface area contributed by atoms with Gasteiger partial charge in [-0.05, 0) is 57.8 Å². The van der Waals surface area contributed by atoms with Gasteiger partial charge in [0.15, 0.2) is 0 Å². The van der Waals surface area contributed by atoms with Crippen LogP contribution in [0.25, 0.3) is 0 Å². The number of amides is 1. The number of carbonyl (C=O) groups excluding carboxylic acids is 2. The maximum atomic E-state index is 12.5. The van der Waals surface area contributed by atoms with Crippen LogP contribution in [0.4, 0.5) is 0 Å². The molecule has 2 unspecified atom stereocenters. The van der Waals surface area contributed by atoms with Crippen molar-refractivity contribution in [2.24, 2.45) is 0 Å². The fourth-order valence-electron chi connectivity index (χ4n) is 8.67.